The van der Waals surface area contributed by atoms with Gasteiger partial charge in [0.1, 0.15) is 31.7 Å². The second-order valence-electron chi connectivity index (χ2n) is 4.78. The van der Waals surface area contributed by atoms with Gasteiger partial charge in [-0.25, -0.2) is 0 Å². The van der Waals surface area contributed by atoms with Crippen LogP contribution in [0.4, 0.5) is 0 Å². The van der Waals surface area contributed by atoms with Gasteiger partial charge in [0.2, 0.25) is 5.79 Å². The molecule has 0 unspecified atom stereocenters. The van der Waals surface area contributed by atoms with Gasteiger partial charge in [0.05, 0.1) is 6.61 Å². The molecule has 4 atom stereocenters. The molecule has 0 amide bonds. The molecule has 0 aliphatic carbocycles. The maximum absolute atomic E-state index is 9.48. The predicted molar refractivity (Wildman–Crippen MR) is 50.4 cm³/mol. The van der Waals surface area contributed by atoms with Crippen molar-refractivity contribution in [2.24, 2.45) is 0 Å². The maximum Gasteiger partial charge on any atom is 0.224 e. The highest BCUT2D eigenvalue weighted by Gasteiger charge is 2.63. The molecule has 0 aromatic rings. The SMILES string of the molecule is CC1(C)O[C@H]2[C@@H]3OCO[C@@H]3CO[C@@]2(CO)O1. The van der Waals surface area contributed by atoms with Crippen molar-refractivity contribution in [2.75, 3.05) is 20.0 Å². The van der Waals surface area contributed by atoms with Gasteiger partial charge in [-0.2, -0.15) is 0 Å². The highest BCUT2D eigenvalue weighted by molar-refractivity contribution is 5.01. The average molecular weight is 232 g/mol. The number of aliphatic hydroxyl groups is 1. The molecule has 0 aromatic heterocycles. The second kappa shape index (κ2) is 3.38. The monoisotopic (exact) mass is 232 g/mol. The van der Waals surface area contributed by atoms with Crippen molar-refractivity contribution in [3.63, 3.8) is 0 Å². The highest BCUT2D eigenvalue weighted by Crippen LogP contribution is 2.44. The summed E-state index contributed by atoms with van der Waals surface area (Å²) in [5.74, 6) is -1.90. The van der Waals surface area contributed by atoms with E-state index in [0.29, 0.717) is 6.61 Å². The molecule has 16 heavy (non-hydrogen) atoms. The van der Waals surface area contributed by atoms with Gasteiger partial charge in [-0.1, -0.05) is 0 Å². The minimum Gasteiger partial charge on any atom is -0.391 e. The molecule has 6 nitrogen and oxygen atoms in total. The maximum atomic E-state index is 9.48. The van der Waals surface area contributed by atoms with E-state index in [1.54, 1.807) is 13.8 Å². The van der Waals surface area contributed by atoms with Gasteiger partial charge >= 0.3 is 0 Å². The van der Waals surface area contributed by atoms with Crippen molar-refractivity contribution < 1.29 is 28.8 Å². The van der Waals surface area contributed by atoms with E-state index in [4.69, 9.17) is 23.7 Å². The fourth-order valence-electron chi connectivity index (χ4n) is 2.55. The number of ether oxygens (including phenoxy) is 5. The summed E-state index contributed by atoms with van der Waals surface area (Å²) in [6, 6.07) is 0. The van der Waals surface area contributed by atoms with E-state index in [9.17, 15) is 5.11 Å². The van der Waals surface area contributed by atoms with Crippen molar-refractivity contribution in [3.8, 4) is 0 Å². The quantitative estimate of drug-likeness (QED) is 0.663. The lowest BCUT2D eigenvalue weighted by Crippen LogP contribution is -2.60. The van der Waals surface area contributed by atoms with E-state index in [2.05, 4.69) is 0 Å². The Labute approximate surface area is 93.4 Å². The molecule has 3 aliphatic rings. The number of hydrogen-bond donors (Lipinski definition) is 1. The molecule has 0 saturated carbocycles. The Morgan fingerprint density at radius 1 is 1.31 bits per heavy atom. The van der Waals surface area contributed by atoms with Crippen LogP contribution in [-0.2, 0) is 23.7 Å². The van der Waals surface area contributed by atoms with E-state index in [0.717, 1.165) is 0 Å². The molecule has 0 spiro atoms. The Hall–Kier alpha value is -0.240. The molecular formula is C10H16O6. The molecular weight excluding hydrogens is 216 g/mol. The Morgan fingerprint density at radius 2 is 2.12 bits per heavy atom. The van der Waals surface area contributed by atoms with Crippen LogP contribution in [0.3, 0.4) is 0 Å². The van der Waals surface area contributed by atoms with Crippen LogP contribution < -0.4 is 0 Å². The van der Waals surface area contributed by atoms with Crippen LogP contribution in [0.1, 0.15) is 13.8 Å². The lowest BCUT2D eigenvalue weighted by atomic mass is 9.98. The third-order valence-electron chi connectivity index (χ3n) is 3.18. The van der Waals surface area contributed by atoms with Gasteiger partial charge in [-0.3, -0.25) is 0 Å². The van der Waals surface area contributed by atoms with Crippen LogP contribution in [-0.4, -0.2) is 55.0 Å². The first-order valence-corrected chi connectivity index (χ1v) is 5.42. The zero-order chi connectivity index (χ0) is 11.4. The van der Waals surface area contributed by atoms with Gasteiger partial charge in [-0.15, -0.1) is 0 Å². The lowest BCUT2D eigenvalue weighted by molar-refractivity contribution is -0.294. The van der Waals surface area contributed by atoms with Crippen LogP contribution in [0, 0.1) is 0 Å². The van der Waals surface area contributed by atoms with Crippen LogP contribution in [0.25, 0.3) is 0 Å². The Bertz CT molecular complexity index is 293. The van der Waals surface area contributed by atoms with E-state index >= 15 is 0 Å². The summed E-state index contributed by atoms with van der Waals surface area (Å²) >= 11 is 0. The summed E-state index contributed by atoms with van der Waals surface area (Å²) in [7, 11) is 0. The fraction of sp³-hybridized carbons (Fsp3) is 1.00. The first-order valence-electron chi connectivity index (χ1n) is 5.42. The molecule has 6 heteroatoms. The largest absolute Gasteiger partial charge is 0.391 e. The Morgan fingerprint density at radius 3 is 2.88 bits per heavy atom. The zero-order valence-electron chi connectivity index (χ0n) is 9.34. The van der Waals surface area contributed by atoms with Crippen LogP contribution >= 0.6 is 0 Å². The number of rotatable bonds is 1. The molecule has 3 fully saturated rings. The van der Waals surface area contributed by atoms with Gasteiger partial charge < -0.3 is 28.8 Å². The van der Waals surface area contributed by atoms with E-state index in [-0.39, 0.29) is 25.6 Å². The lowest BCUT2D eigenvalue weighted by Gasteiger charge is -2.39. The standard InChI is InChI=1S/C10H16O6/c1-9(2)15-8-7-6(12-5-13-7)3-14-10(8,4-11)16-9/h6-8,11H,3-5H2,1-2H3/t6-,7-,8+,10+/m1/s1. The van der Waals surface area contributed by atoms with Crippen molar-refractivity contribution in [2.45, 2.75) is 43.7 Å². The Balaban J connectivity index is 1.91. The summed E-state index contributed by atoms with van der Waals surface area (Å²) in [5.41, 5.74) is 0. The predicted octanol–water partition coefficient (Wildman–Crippen LogP) is -0.402. The summed E-state index contributed by atoms with van der Waals surface area (Å²) in [4.78, 5) is 0. The van der Waals surface area contributed by atoms with Crippen LogP contribution in [0.2, 0.25) is 0 Å². The highest BCUT2D eigenvalue weighted by atomic mass is 16.9. The first kappa shape index (κ1) is 10.9. The number of aliphatic hydroxyl groups excluding tert-OH is 1. The molecule has 0 radical (unpaired) electrons. The summed E-state index contributed by atoms with van der Waals surface area (Å²) in [6.45, 7) is 3.91. The number of fused-ring (bicyclic) bond motifs is 3. The summed E-state index contributed by atoms with van der Waals surface area (Å²) in [5, 5.41) is 9.48. The third kappa shape index (κ3) is 1.42. The average Bonchev–Trinajstić information content (AvgIpc) is 2.77. The molecule has 3 heterocycles. The molecule has 3 aliphatic heterocycles. The summed E-state index contributed by atoms with van der Waals surface area (Å²) in [6.07, 6.45) is -0.821. The van der Waals surface area contributed by atoms with Crippen molar-refractivity contribution >= 4 is 0 Å². The van der Waals surface area contributed by atoms with Crippen LogP contribution in [0.5, 0.6) is 0 Å². The minimum atomic E-state index is -1.11. The van der Waals surface area contributed by atoms with E-state index in [1.807, 2.05) is 0 Å². The molecule has 3 rings (SSSR count). The normalized spacial score (nSPS) is 50.1. The van der Waals surface area contributed by atoms with Crippen molar-refractivity contribution in [1.29, 1.82) is 0 Å². The molecule has 1 N–H and O–H groups in total. The minimum absolute atomic E-state index is 0.137. The van der Waals surface area contributed by atoms with Gasteiger partial charge in [0.25, 0.3) is 0 Å². The molecule has 0 aromatic carbocycles. The van der Waals surface area contributed by atoms with Crippen molar-refractivity contribution in [3.05, 3.63) is 0 Å². The smallest absolute Gasteiger partial charge is 0.224 e. The fourth-order valence-corrected chi connectivity index (χ4v) is 2.55. The summed E-state index contributed by atoms with van der Waals surface area (Å²) < 4.78 is 27.8. The van der Waals surface area contributed by atoms with E-state index < -0.39 is 17.7 Å². The molecule has 92 valence electrons. The topological polar surface area (TPSA) is 66.4 Å². The Kier molecular flexibility index (Phi) is 2.30. The van der Waals surface area contributed by atoms with Crippen LogP contribution in [0.15, 0.2) is 0 Å². The molecule has 3 saturated heterocycles. The second-order valence-corrected chi connectivity index (χ2v) is 4.78. The van der Waals surface area contributed by atoms with Gasteiger partial charge in [0, 0.05) is 0 Å². The van der Waals surface area contributed by atoms with Crippen molar-refractivity contribution in [1.82, 2.24) is 0 Å². The zero-order valence-corrected chi connectivity index (χ0v) is 9.34. The number of hydrogen-bond acceptors (Lipinski definition) is 6. The van der Waals surface area contributed by atoms with E-state index in [1.165, 1.54) is 0 Å². The van der Waals surface area contributed by atoms with Gasteiger partial charge in [-0.05, 0) is 13.8 Å². The third-order valence-corrected chi connectivity index (χ3v) is 3.18. The molecule has 0 bridgehead atoms. The first-order chi connectivity index (χ1) is 7.56. The van der Waals surface area contributed by atoms with Gasteiger partial charge in [0.15, 0.2) is 5.79 Å².